The van der Waals surface area contributed by atoms with Crippen molar-refractivity contribution in [3.05, 3.63) is 176 Å². The Morgan fingerprint density at radius 3 is 1.77 bits per heavy atom. The zero-order valence-electron chi connectivity index (χ0n) is 26.1. The zero-order chi connectivity index (χ0) is 31.6. The standard InChI is InChI=1S/C43H29BN4/c1-5-16-30(17-6-1)43-45-37-26-15-25-36-42(37)48(43)40-29-34(46(31-18-7-2-8-19-31)32-20-9-3-10-21-32)28-39-41(40)44(36)35-24-13-14-27-38(35)47(39)33-22-11-4-12-23-33/h1-29H. The van der Waals surface area contributed by atoms with Crippen molar-refractivity contribution in [1.82, 2.24) is 9.55 Å². The minimum absolute atomic E-state index is 0.0543. The van der Waals surface area contributed by atoms with Crippen LogP contribution in [-0.2, 0) is 0 Å². The van der Waals surface area contributed by atoms with E-state index in [1.165, 1.54) is 33.3 Å². The Morgan fingerprint density at radius 2 is 1.06 bits per heavy atom. The topological polar surface area (TPSA) is 24.3 Å². The molecule has 0 bridgehead atoms. The van der Waals surface area contributed by atoms with Crippen LogP contribution in [0.25, 0.3) is 28.1 Å². The predicted octanol–water partition coefficient (Wildman–Crippen LogP) is 8.78. The molecule has 0 saturated heterocycles. The summed E-state index contributed by atoms with van der Waals surface area (Å²) < 4.78 is 2.42. The van der Waals surface area contributed by atoms with Crippen LogP contribution in [0.2, 0.25) is 0 Å². The Labute approximate surface area is 279 Å². The summed E-state index contributed by atoms with van der Waals surface area (Å²) in [6, 6.07) is 63.0. The Hall–Kier alpha value is -6.33. The number of nitrogens with zero attached hydrogens (tertiary/aromatic N) is 4. The maximum atomic E-state index is 5.33. The molecule has 1 aromatic heterocycles. The molecular weight excluding hydrogens is 583 g/mol. The second-order valence-electron chi connectivity index (χ2n) is 12.4. The summed E-state index contributed by atoms with van der Waals surface area (Å²) in [5, 5.41) is 0. The van der Waals surface area contributed by atoms with Crippen LogP contribution in [0.5, 0.6) is 0 Å². The van der Waals surface area contributed by atoms with Crippen molar-refractivity contribution >= 4 is 68.3 Å². The van der Waals surface area contributed by atoms with Gasteiger partial charge in [0.2, 0.25) is 0 Å². The molecular formula is C43H29BN4. The van der Waals surface area contributed by atoms with Crippen LogP contribution in [0.1, 0.15) is 0 Å². The molecule has 0 N–H and O–H groups in total. The number of para-hydroxylation sites is 5. The van der Waals surface area contributed by atoms with Crippen molar-refractivity contribution in [2.75, 3.05) is 9.80 Å². The highest BCUT2D eigenvalue weighted by Gasteiger charge is 2.42. The summed E-state index contributed by atoms with van der Waals surface area (Å²) in [5.41, 5.74) is 15.1. The molecule has 0 atom stereocenters. The van der Waals surface area contributed by atoms with Gasteiger partial charge in [0.1, 0.15) is 5.82 Å². The highest BCUT2D eigenvalue weighted by atomic mass is 15.2. The van der Waals surface area contributed by atoms with Crippen LogP contribution in [-0.4, -0.2) is 16.3 Å². The average Bonchev–Trinajstić information content (AvgIpc) is 3.56. The molecule has 4 nitrogen and oxygen atoms in total. The van der Waals surface area contributed by atoms with Gasteiger partial charge in [0.05, 0.1) is 16.7 Å². The van der Waals surface area contributed by atoms with Crippen LogP contribution in [0, 0.1) is 0 Å². The van der Waals surface area contributed by atoms with Crippen molar-refractivity contribution in [2.45, 2.75) is 0 Å². The second-order valence-corrected chi connectivity index (χ2v) is 12.4. The van der Waals surface area contributed by atoms with E-state index >= 15 is 0 Å². The lowest BCUT2D eigenvalue weighted by Gasteiger charge is -2.41. The van der Waals surface area contributed by atoms with Crippen LogP contribution >= 0.6 is 0 Å². The number of fused-ring (bicyclic) bond motifs is 4. The van der Waals surface area contributed by atoms with E-state index in [-0.39, 0.29) is 6.71 Å². The summed E-state index contributed by atoms with van der Waals surface area (Å²) in [5.74, 6) is 0.951. The summed E-state index contributed by atoms with van der Waals surface area (Å²) in [6.45, 7) is 0.0543. The summed E-state index contributed by atoms with van der Waals surface area (Å²) >= 11 is 0. The molecule has 0 unspecified atom stereocenters. The van der Waals surface area contributed by atoms with Gasteiger partial charge in [-0.1, -0.05) is 115 Å². The lowest BCUT2D eigenvalue weighted by Crippen LogP contribution is -2.60. The third-order valence-electron chi connectivity index (χ3n) is 9.73. The van der Waals surface area contributed by atoms with Gasteiger partial charge in [-0.25, -0.2) is 4.98 Å². The van der Waals surface area contributed by atoms with E-state index in [1.807, 2.05) is 0 Å². The summed E-state index contributed by atoms with van der Waals surface area (Å²) in [7, 11) is 0. The fraction of sp³-hybridized carbons (Fsp3) is 0. The van der Waals surface area contributed by atoms with Gasteiger partial charge in [-0.3, -0.25) is 4.57 Å². The van der Waals surface area contributed by atoms with Gasteiger partial charge in [-0.05, 0) is 77.1 Å². The third-order valence-corrected chi connectivity index (χ3v) is 9.73. The van der Waals surface area contributed by atoms with E-state index < -0.39 is 0 Å². The summed E-state index contributed by atoms with van der Waals surface area (Å²) in [6.07, 6.45) is 0. The molecule has 0 fully saturated rings. The molecule has 7 aromatic carbocycles. The van der Waals surface area contributed by atoms with Crippen molar-refractivity contribution in [1.29, 1.82) is 0 Å². The number of anilines is 6. The van der Waals surface area contributed by atoms with Gasteiger partial charge in [0.25, 0.3) is 6.71 Å². The number of hydrogen-bond acceptors (Lipinski definition) is 3. The van der Waals surface area contributed by atoms with Gasteiger partial charge in [-0.2, -0.15) is 0 Å². The second kappa shape index (κ2) is 10.6. The van der Waals surface area contributed by atoms with Crippen LogP contribution in [0.3, 0.4) is 0 Å². The minimum Gasteiger partial charge on any atom is -0.311 e. The van der Waals surface area contributed by atoms with Gasteiger partial charge in [0.15, 0.2) is 0 Å². The first kappa shape index (κ1) is 26.8. The molecule has 48 heavy (non-hydrogen) atoms. The fourth-order valence-corrected chi connectivity index (χ4v) is 7.80. The molecule has 2 aliphatic rings. The van der Waals surface area contributed by atoms with E-state index in [0.717, 1.165) is 45.3 Å². The van der Waals surface area contributed by atoms with E-state index in [2.05, 4.69) is 190 Å². The molecule has 10 rings (SSSR count). The smallest absolute Gasteiger partial charge is 0.252 e. The first-order valence-corrected chi connectivity index (χ1v) is 16.4. The number of rotatable bonds is 5. The normalized spacial score (nSPS) is 12.5. The first-order chi connectivity index (χ1) is 23.8. The van der Waals surface area contributed by atoms with E-state index in [4.69, 9.17) is 4.98 Å². The maximum Gasteiger partial charge on any atom is 0.252 e. The predicted molar refractivity (Wildman–Crippen MR) is 201 cm³/mol. The molecule has 0 saturated carbocycles. The van der Waals surface area contributed by atoms with E-state index in [0.29, 0.717) is 0 Å². The zero-order valence-corrected chi connectivity index (χ0v) is 26.1. The van der Waals surface area contributed by atoms with Gasteiger partial charge in [0, 0.05) is 39.7 Å². The Bertz CT molecular complexity index is 2420. The maximum absolute atomic E-state index is 5.33. The lowest BCUT2D eigenvalue weighted by molar-refractivity contribution is 1.10. The Balaban J connectivity index is 1.37. The lowest BCUT2D eigenvalue weighted by atomic mass is 9.34. The monoisotopic (exact) mass is 612 g/mol. The molecule has 2 aliphatic heterocycles. The van der Waals surface area contributed by atoms with Gasteiger partial charge >= 0.3 is 0 Å². The minimum atomic E-state index is 0.0543. The molecule has 224 valence electrons. The molecule has 5 heteroatoms. The highest BCUT2D eigenvalue weighted by molar-refractivity contribution is 7.00. The van der Waals surface area contributed by atoms with Crippen molar-refractivity contribution in [3.8, 4) is 17.1 Å². The van der Waals surface area contributed by atoms with Crippen LogP contribution in [0.15, 0.2) is 176 Å². The molecule has 8 aromatic rings. The van der Waals surface area contributed by atoms with Gasteiger partial charge < -0.3 is 9.80 Å². The van der Waals surface area contributed by atoms with E-state index in [1.54, 1.807) is 0 Å². The molecule has 0 aliphatic carbocycles. The molecule has 0 amide bonds. The van der Waals surface area contributed by atoms with Crippen molar-refractivity contribution < 1.29 is 0 Å². The SMILES string of the molecule is c1ccc(-c2nc3cccc4c3n2-c2cc(N(c3ccccc3)c3ccccc3)cc3c2B4c2ccccc2N3c2ccccc2)cc1. The molecule has 0 radical (unpaired) electrons. The van der Waals surface area contributed by atoms with Crippen molar-refractivity contribution in [2.24, 2.45) is 0 Å². The number of aromatic nitrogens is 2. The molecule has 0 spiro atoms. The number of imidazole rings is 1. The fourth-order valence-electron chi connectivity index (χ4n) is 7.80. The highest BCUT2D eigenvalue weighted by Crippen LogP contribution is 2.44. The third kappa shape index (κ3) is 3.94. The first-order valence-electron chi connectivity index (χ1n) is 16.4. The van der Waals surface area contributed by atoms with Crippen LogP contribution < -0.4 is 26.2 Å². The Kier molecular flexibility index (Phi) is 5.94. The largest absolute Gasteiger partial charge is 0.311 e. The summed E-state index contributed by atoms with van der Waals surface area (Å²) in [4.78, 5) is 10.2. The average molecular weight is 613 g/mol. The number of benzene rings is 7. The van der Waals surface area contributed by atoms with Crippen molar-refractivity contribution in [3.63, 3.8) is 0 Å². The Morgan fingerprint density at radius 1 is 0.479 bits per heavy atom. The van der Waals surface area contributed by atoms with Gasteiger partial charge in [-0.15, -0.1) is 0 Å². The number of hydrogen-bond donors (Lipinski definition) is 0. The van der Waals surface area contributed by atoms with E-state index in [9.17, 15) is 0 Å². The quantitative estimate of drug-likeness (QED) is 0.182. The molecule has 3 heterocycles. The van der Waals surface area contributed by atoms with Crippen LogP contribution in [0.4, 0.5) is 34.1 Å².